The van der Waals surface area contributed by atoms with Gasteiger partial charge in [-0.3, -0.25) is 0 Å². The summed E-state index contributed by atoms with van der Waals surface area (Å²) < 4.78 is 22.9. The Bertz CT molecular complexity index is 972. The fraction of sp³-hybridized carbons (Fsp3) is 0.250. The van der Waals surface area contributed by atoms with Gasteiger partial charge in [-0.2, -0.15) is 0 Å². The molecule has 0 atom stereocenters. The highest BCUT2D eigenvalue weighted by Crippen LogP contribution is 2.31. The second-order valence-corrected chi connectivity index (χ2v) is 12.3. The summed E-state index contributed by atoms with van der Waals surface area (Å²) in [5.41, 5.74) is 3.17. The van der Waals surface area contributed by atoms with Crippen LogP contribution in [-0.2, 0) is 0 Å². The van der Waals surface area contributed by atoms with E-state index < -0.39 is 0 Å². The van der Waals surface area contributed by atoms with E-state index >= 15 is 0 Å². The fourth-order valence-corrected chi connectivity index (χ4v) is 8.50. The Hall–Kier alpha value is 0.00494. The van der Waals surface area contributed by atoms with Gasteiger partial charge in [0.2, 0.25) is 6.71 Å². The number of benzene rings is 3. The summed E-state index contributed by atoms with van der Waals surface area (Å²) in [6.07, 6.45) is 0. The molecule has 0 N–H and O–H groups in total. The summed E-state index contributed by atoms with van der Waals surface area (Å²) in [5, 5.41) is 0. The Morgan fingerprint density at radius 1 is 0.471 bits per heavy atom. The molecule has 34 heavy (non-hydrogen) atoms. The van der Waals surface area contributed by atoms with E-state index in [4.69, 9.17) is 14.2 Å². The van der Waals surface area contributed by atoms with Crippen molar-refractivity contribution in [3.05, 3.63) is 63.2 Å². The number of rotatable bonds is 9. The van der Waals surface area contributed by atoms with Crippen molar-refractivity contribution in [2.75, 3.05) is 19.8 Å². The Morgan fingerprint density at radius 2 is 0.676 bits per heavy atom. The number of hydrogen-bond acceptors (Lipinski definition) is 3. The summed E-state index contributed by atoms with van der Waals surface area (Å²) in [5.74, 6) is 2.37. The predicted molar refractivity (Wildman–Crippen MR) is 164 cm³/mol. The highest BCUT2D eigenvalue weighted by Gasteiger charge is 2.34. The molecule has 0 bridgehead atoms. The first-order chi connectivity index (χ1) is 16.2. The molecule has 3 aromatic carbocycles. The molecule has 0 aliphatic rings. The van der Waals surface area contributed by atoms with Gasteiger partial charge >= 0.3 is 0 Å². The quantitative estimate of drug-likeness (QED) is 0.205. The predicted octanol–water partition coefficient (Wildman–Crippen LogP) is 7.97. The molecule has 0 aromatic heterocycles. The molecule has 0 amide bonds. The smallest absolute Gasteiger partial charge is 0.250 e. The Labute approximate surface area is 251 Å². The van der Waals surface area contributed by atoms with Crippen LogP contribution in [0.2, 0.25) is 0 Å². The van der Waals surface area contributed by atoms with E-state index in [1.54, 1.807) is 0 Å². The van der Waals surface area contributed by atoms with Gasteiger partial charge in [-0.25, -0.2) is 0 Å². The normalized spacial score (nSPS) is 10.9. The maximum absolute atomic E-state index is 5.76. The number of halogens is 6. The molecule has 3 nitrogen and oxygen atoms in total. The molecular formula is C24H21BBr6O3. The number of ether oxygens (including phenoxy) is 3. The monoisotopic (exact) mass is 842 g/mol. The van der Waals surface area contributed by atoms with Gasteiger partial charge in [0.15, 0.2) is 0 Å². The largest absolute Gasteiger partial charge is 0.494 e. The minimum absolute atomic E-state index is 0.182. The van der Waals surface area contributed by atoms with E-state index in [0.29, 0.717) is 19.8 Å². The van der Waals surface area contributed by atoms with Crippen LogP contribution < -0.4 is 30.6 Å². The zero-order valence-electron chi connectivity index (χ0n) is 18.7. The van der Waals surface area contributed by atoms with Crippen LogP contribution in [0.5, 0.6) is 17.2 Å². The van der Waals surface area contributed by atoms with Crippen LogP contribution in [0, 0.1) is 0 Å². The molecule has 10 heteroatoms. The molecule has 0 aliphatic heterocycles. The van der Waals surface area contributed by atoms with Crippen molar-refractivity contribution < 1.29 is 14.2 Å². The average molecular weight is 848 g/mol. The molecule has 180 valence electrons. The fourth-order valence-electron chi connectivity index (χ4n) is 3.69. The first-order valence-corrected chi connectivity index (χ1v) is 15.3. The van der Waals surface area contributed by atoms with Crippen LogP contribution in [0.1, 0.15) is 20.8 Å². The standard InChI is InChI=1S/C24H21BBr6O3/c1-4-32-13-7-16(26)22(17(27)8-13)25(23-18(28)9-14(33-5-2)10-19(23)29)24-20(30)11-15(34-6-3)12-21(24)31/h7-12H,4-6H2,1-3H3. The first-order valence-electron chi connectivity index (χ1n) is 10.6. The molecule has 3 aromatic rings. The van der Waals surface area contributed by atoms with Gasteiger partial charge in [0.25, 0.3) is 0 Å². The van der Waals surface area contributed by atoms with Crippen molar-refractivity contribution in [3.63, 3.8) is 0 Å². The van der Waals surface area contributed by atoms with Crippen molar-refractivity contribution in [3.8, 4) is 17.2 Å². The third-order valence-electron chi connectivity index (χ3n) is 4.96. The Kier molecular flexibility index (Phi) is 10.9. The highest BCUT2D eigenvalue weighted by atomic mass is 79.9. The lowest BCUT2D eigenvalue weighted by molar-refractivity contribution is 0.340. The second-order valence-electron chi connectivity index (χ2n) is 7.13. The van der Waals surface area contributed by atoms with Crippen LogP contribution in [0.25, 0.3) is 0 Å². The van der Waals surface area contributed by atoms with E-state index in [-0.39, 0.29) is 6.71 Å². The minimum Gasteiger partial charge on any atom is -0.494 e. The van der Waals surface area contributed by atoms with E-state index in [1.807, 2.05) is 57.2 Å². The van der Waals surface area contributed by atoms with E-state index in [9.17, 15) is 0 Å². The van der Waals surface area contributed by atoms with Gasteiger partial charge in [0.1, 0.15) is 17.2 Å². The third-order valence-corrected chi connectivity index (χ3v) is 8.89. The van der Waals surface area contributed by atoms with E-state index in [2.05, 4.69) is 95.6 Å². The molecular weight excluding hydrogens is 826 g/mol. The van der Waals surface area contributed by atoms with Crippen LogP contribution in [0.3, 0.4) is 0 Å². The molecule has 0 spiro atoms. The maximum Gasteiger partial charge on any atom is 0.250 e. The van der Waals surface area contributed by atoms with Crippen molar-refractivity contribution in [1.29, 1.82) is 0 Å². The Morgan fingerprint density at radius 3 is 0.853 bits per heavy atom. The lowest BCUT2D eigenvalue weighted by Crippen LogP contribution is -2.55. The molecule has 0 aliphatic carbocycles. The van der Waals surface area contributed by atoms with Gasteiger partial charge in [0.05, 0.1) is 19.8 Å². The van der Waals surface area contributed by atoms with Gasteiger partial charge < -0.3 is 14.2 Å². The molecule has 0 unspecified atom stereocenters. The second kappa shape index (κ2) is 13.0. The molecule has 0 saturated heterocycles. The summed E-state index contributed by atoms with van der Waals surface area (Å²) in [7, 11) is 0. The molecule has 0 saturated carbocycles. The molecule has 0 fully saturated rings. The number of hydrogen-bond donors (Lipinski definition) is 0. The minimum atomic E-state index is -0.182. The van der Waals surface area contributed by atoms with E-state index in [0.717, 1.165) is 60.5 Å². The lowest BCUT2D eigenvalue weighted by Gasteiger charge is -2.25. The lowest BCUT2D eigenvalue weighted by atomic mass is 9.37. The van der Waals surface area contributed by atoms with Crippen LogP contribution in [0.15, 0.2) is 63.2 Å². The van der Waals surface area contributed by atoms with Crippen molar-refractivity contribution in [1.82, 2.24) is 0 Å². The summed E-state index contributed by atoms with van der Waals surface area (Å²) in [4.78, 5) is 0. The summed E-state index contributed by atoms with van der Waals surface area (Å²) in [6.45, 7) is 7.51. The van der Waals surface area contributed by atoms with Crippen LogP contribution in [0.4, 0.5) is 0 Å². The molecule has 3 rings (SSSR count). The highest BCUT2D eigenvalue weighted by molar-refractivity contribution is 9.12. The average Bonchev–Trinajstić information content (AvgIpc) is 2.72. The Balaban J connectivity index is 2.34. The summed E-state index contributed by atoms with van der Waals surface area (Å²) in [6, 6.07) is 12.0. The van der Waals surface area contributed by atoms with Gasteiger partial charge in [-0.05, 0) is 73.6 Å². The van der Waals surface area contributed by atoms with Gasteiger partial charge in [-0.15, -0.1) is 0 Å². The van der Waals surface area contributed by atoms with Gasteiger partial charge in [0, 0.05) is 26.8 Å². The SMILES string of the molecule is CCOc1cc(Br)c(B(c2c(Br)cc(OCC)cc2Br)c2c(Br)cc(OCC)cc2Br)c(Br)c1. The molecule has 0 radical (unpaired) electrons. The zero-order valence-corrected chi connectivity index (χ0v) is 28.2. The maximum atomic E-state index is 5.76. The first kappa shape index (κ1) is 28.6. The van der Waals surface area contributed by atoms with E-state index in [1.165, 1.54) is 0 Å². The molecule has 0 heterocycles. The zero-order chi connectivity index (χ0) is 25.0. The summed E-state index contributed by atoms with van der Waals surface area (Å²) >= 11 is 22.9. The van der Waals surface area contributed by atoms with Crippen molar-refractivity contribution >= 4 is 119 Å². The van der Waals surface area contributed by atoms with Crippen LogP contribution >= 0.6 is 95.6 Å². The third kappa shape index (κ3) is 6.46. The van der Waals surface area contributed by atoms with Crippen molar-refractivity contribution in [2.24, 2.45) is 0 Å². The van der Waals surface area contributed by atoms with Crippen LogP contribution in [-0.4, -0.2) is 26.5 Å². The van der Waals surface area contributed by atoms with Crippen molar-refractivity contribution in [2.45, 2.75) is 20.8 Å². The topological polar surface area (TPSA) is 27.7 Å². The van der Waals surface area contributed by atoms with Gasteiger partial charge in [-0.1, -0.05) is 95.6 Å².